The van der Waals surface area contributed by atoms with Crippen molar-refractivity contribution in [1.82, 2.24) is 14.9 Å². The van der Waals surface area contributed by atoms with Crippen LogP contribution in [0.3, 0.4) is 0 Å². The highest BCUT2D eigenvalue weighted by atomic mass is 32.2. The highest BCUT2D eigenvalue weighted by Gasteiger charge is 2.69. The first kappa shape index (κ1) is 18.3. The predicted octanol–water partition coefficient (Wildman–Crippen LogP) is 1.39. The number of aromatic nitrogens is 2. The van der Waals surface area contributed by atoms with Crippen molar-refractivity contribution in [2.24, 2.45) is 29.6 Å². The molecule has 4 aliphatic rings. The van der Waals surface area contributed by atoms with Crippen LogP contribution in [0.4, 0.5) is 0 Å². The maximum atomic E-state index is 13.1. The van der Waals surface area contributed by atoms with E-state index >= 15 is 0 Å². The fourth-order valence-corrected chi connectivity index (χ4v) is 9.19. The van der Waals surface area contributed by atoms with E-state index in [1.165, 1.54) is 11.3 Å². The molecule has 2 saturated carbocycles. The third kappa shape index (κ3) is 2.31. The summed E-state index contributed by atoms with van der Waals surface area (Å²) in [6.07, 6.45) is 4.30. The third-order valence-electron chi connectivity index (χ3n) is 7.15. The van der Waals surface area contributed by atoms with E-state index in [4.69, 9.17) is 5.11 Å². The van der Waals surface area contributed by atoms with Crippen LogP contribution in [-0.2, 0) is 14.4 Å². The number of thioether (sulfide) groups is 1. The van der Waals surface area contributed by atoms with Gasteiger partial charge in [0.2, 0.25) is 11.8 Å². The first-order valence-corrected chi connectivity index (χ1v) is 11.5. The maximum Gasteiger partial charge on any atom is 0.323 e. The Hall–Kier alpha value is -2.46. The number of carboxylic acid groups (broad SMARTS) is 1. The van der Waals surface area contributed by atoms with Gasteiger partial charge in [0.25, 0.3) is 0 Å². The van der Waals surface area contributed by atoms with Crippen molar-refractivity contribution in [1.29, 1.82) is 0 Å². The van der Waals surface area contributed by atoms with Crippen molar-refractivity contribution in [3.8, 4) is 0 Å². The molecule has 2 aromatic heterocycles. The van der Waals surface area contributed by atoms with Crippen molar-refractivity contribution in [3.05, 3.63) is 44.6 Å². The van der Waals surface area contributed by atoms with E-state index in [0.717, 1.165) is 26.8 Å². The number of fused-ring (bicyclic) bond motifs is 9. The summed E-state index contributed by atoms with van der Waals surface area (Å²) >= 11 is 2.82. The van der Waals surface area contributed by atoms with E-state index in [-0.39, 0.29) is 45.6 Å². The van der Waals surface area contributed by atoms with Gasteiger partial charge in [-0.05, 0) is 35.8 Å². The molecule has 0 radical (unpaired) electrons. The number of imide groups is 1. The minimum Gasteiger partial charge on any atom is -0.480 e. The van der Waals surface area contributed by atoms with Gasteiger partial charge < -0.3 is 10.1 Å². The van der Waals surface area contributed by atoms with Crippen LogP contribution < -0.4 is 4.87 Å². The quantitative estimate of drug-likeness (QED) is 0.688. The van der Waals surface area contributed by atoms with Gasteiger partial charge in [0, 0.05) is 28.4 Å². The molecule has 30 heavy (non-hydrogen) atoms. The fourth-order valence-electron chi connectivity index (χ4n) is 6.30. The normalized spacial score (nSPS) is 36.0. The van der Waals surface area contributed by atoms with Gasteiger partial charge >= 0.3 is 10.8 Å². The molecule has 2 aliphatic heterocycles. The van der Waals surface area contributed by atoms with Crippen LogP contribution in [0.15, 0.2) is 34.3 Å². The minimum absolute atomic E-state index is 0.000897. The second-order valence-electron chi connectivity index (χ2n) is 8.40. The van der Waals surface area contributed by atoms with Crippen molar-refractivity contribution in [3.63, 3.8) is 0 Å². The lowest BCUT2D eigenvalue weighted by Gasteiger charge is -2.42. The molecule has 3 fully saturated rings. The van der Waals surface area contributed by atoms with Gasteiger partial charge in [0.1, 0.15) is 6.54 Å². The summed E-state index contributed by atoms with van der Waals surface area (Å²) in [5, 5.41) is 10.1. The molecule has 0 aromatic carbocycles. The van der Waals surface area contributed by atoms with Gasteiger partial charge in [-0.1, -0.05) is 17.4 Å². The molecule has 0 unspecified atom stereocenters. The zero-order chi connectivity index (χ0) is 20.7. The maximum absolute atomic E-state index is 13.1. The van der Waals surface area contributed by atoms with Crippen LogP contribution in [0.25, 0.3) is 0 Å². The molecule has 7 atom stereocenters. The molecule has 8 nitrogen and oxygen atoms in total. The van der Waals surface area contributed by atoms with Gasteiger partial charge in [0.05, 0.1) is 16.9 Å². The number of likely N-dealkylation sites (tertiary alicyclic amines) is 1. The number of carbonyl (C=O) groups excluding carboxylic acids is 2. The lowest BCUT2D eigenvalue weighted by Crippen LogP contribution is -2.42. The second-order valence-corrected chi connectivity index (χ2v) is 10.6. The van der Waals surface area contributed by atoms with Gasteiger partial charge in [-0.15, -0.1) is 11.8 Å². The van der Waals surface area contributed by atoms with Crippen molar-refractivity contribution in [2.45, 2.75) is 22.6 Å². The molecular formula is C20H17N3O5S2. The van der Waals surface area contributed by atoms with Crippen molar-refractivity contribution < 1.29 is 19.5 Å². The number of H-pyrrole nitrogens is 1. The Bertz CT molecular complexity index is 1140. The van der Waals surface area contributed by atoms with Crippen molar-refractivity contribution >= 4 is 40.9 Å². The van der Waals surface area contributed by atoms with Crippen LogP contribution in [0.1, 0.15) is 22.8 Å². The first-order valence-electron chi connectivity index (χ1n) is 9.82. The Morgan fingerprint density at radius 3 is 2.70 bits per heavy atom. The molecule has 0 spiro atoms. The second kappa shape index (κ2) is 6.27. The minimum atomic E-state index is -1.18. The van der Waals surface area contributed by atoms with Gasteiger partial charge in [-0.3, -0.25) is 29.1 Å². The molecule has 2 aromatic rings. The summed E-state index contributed by atoms with van der Waals surface area (Å²) in [6, 6.07) is 3.87. The number of thiazole rings is 1. The molecule has 2 amide bonds. The number of carboxylic acids is 1. The molecule has 2 N–H and O–H groups in total. The monoisotopic (exact) mass is 443 g/mol. The fraction of sp³-hybridized carbons (Fsp3) is 0.450. The Balaban J connectivity index is 1.45. The molecule has 4 heterocycles. The average molecular weight is 444 g/mol. The number of nitrogens with one attached hydrogen (secondary N) is 1. The predicted molar refractivity (Wildman–Crippen MR) is 107 cm³/mol. The van der Waals surface area contributed by atoms with E-state index in [2.05, 4.69) is 9.97 Å². The lowest BCUT2D eigenvalue weighted by atomic mass is 9.68. The van der Waals surface area contributed by atoms with E-state index in [1.807, 2.05) is 18.3 Å². The smallest absolute Gasteiger partial charge is 0.323 e. The largest absolute Gasteiger partial charge is 0.480 e. The van der Waals surface area contributed by atoms with Gasteiger partial charge in [-0.2, -0.15) is 0 Å². The van der Waals surface area contributed by atoms with E-state index in [1.54, 1.807) is 18.0 Å². The standard InChI is InChI=1S/C20H17N3O5S2/c24-10(25)6-23-18(26)13-8-4-9(14(13)19(23)27)15-12(8)11(7-2-1-3-21-5-7)16-17(29-15)22-20(28)30-16/h1-3,5,8-9,11-15H,4,6H2,(H,22,28)(H,24,25)/t8-,9-,11+,12+,13-,14+,15-/m1/s1. The topological polar surface area (TPSA) is 120 Å². The molecule has 2 aliphatic carbocycles. The van der Waals surface area contributed by atoms with Crippen LogP contribution >= 0.6 is 23.1 Å². The number of hydrogen-bond acceptors (Lipinski definition) is 7. The summed E-state index contributed by atoms with van der Waals surface area (Å²) in [7, 11) is 0. The Labute approximate surface area is 178 Å². The highest BCUT2D eigenvalue weighted by molar-refractivity contribution is 8.00. The summed E-state index contributed by atoms with van der Waals surface area (Å²) in [5.41, 5.74) is 1.01. The van der Waals surface area contributed by atoms with E-state index in [0.29, 0.717) is 0 Å². The molecule has 6 rings (SSSR count). The summed E-state index contributed by atoms with van der Waals surface area (Å²) in [4.78, 5) is 58.4. The van der Waals surface area contributed by atoms with Crippen LogP contribution in [0, 0.1) is 29.6 Å². The average Bonchev–Trinajstić information content (AvgIpc) is 3.44. The number of carbonyl (C=O) groups is 3. The van der Waals surface area contributed by atoms with Gasteiger partial charge in [0.15, 0.2) is 0 Å². The Morgan fingerprint density at radius 1 is 1.23 bits per heavy atom. The van der Waals surface area contributed by atoms with Crippen LogP contribution in [0.5, 0.6) is 0 Å². The number of hydrogen-bond donors (Lipinski definition) is 2. The molecular weight excluding hydrogens is 426 g/mol. The SMILES string of the molecule is O=C(O)CN1C(=O)[C@@H]2[C@@H]3C[C@@H]([C@H]4Sc5[nH]c(=O)sc5[C@@H](c5cccnc5)[C@H]34)[C@@H]2C1=O. The molecule has 1 saturated heterocycles. The lowest BCUT2D eigenvalue weighted by molar-refractivity contribution is -0.149. The zero-order valence-electron chi connectivity index (χ0n) is 15.6. The highest BCUT2D eigenvalue weighted by Crippen LogP contribution is 2.68. The number of amides is 2. The summed E-state index contributed by atoms with van der Waals surface area (Å²) in [5.74, 6) is -2.74. The summed E-state index contributed by atoms with van der Waals surface area (Å²) in [6.45, 7) is -0.570. The van der Waals surface area contributed by atoms with E-state index < -0.39 is 24.3 Å². The van der Waals surface area contributed by atoms with Crippen LogP contribution in [0.2, 0.25) is 0 Å². The molecule has 154 valence electrons. The number of pyridine rings is 1. The molecule has 2 bridgehead atoms. The van der Waals surface area contributed by atoms with Crippen LogP contribution in [-0.4, -0.2) is 49.6 Å². The Morgan fingerprint density at radius 2 is 2.00 bits per heavy atom. The molecule has 10 heteroatoms. The number of nitrogens with zero attached hydrogens (tertiary/aromatic N) is 2. The number of aromatic amines is 1. The zero-order valence-corrected chi connectivity index (χ0v) is 17.2. The Kier molecular flexibility index (Phi) is 3.83. The van der Waals surface area contributed by atoms with Gasteiger partial charge in [-0.25, -0.2) is 0 Å². The number of rotatable bonds is 3. The van der Waals surface area contributed by atoms with Crippen molar-refractivity contribution in [2.75, 3.05) is 6.54 Å². The third-order valence-corrected chi connectivity index (χ3v) is 9.74. The van der Waals surface area contributed by atoms with E-state index in [9.17, 15) is 19.2 Å². The summed E-state index contributed by atoms with van der Waals surface area (Å²) < 4.78 is 0. The number of aliphatic carboxylic acids is 1. The first-order chi connectivity index (χ1) is 14.5.